The van der Waals surface area contributed by atoms with Gasteiger partial charge >= 0.3 is 0 Å². The van der Waals surface area contributed by atoms with Crippen molar-refractivity contribution >= 4 is 15.9 Å². The smallest absolute Gasteiger partial charge is 0.120 e. The Hall–Kier alpha value is -0.540. The second kappa shape index (κ2) is 5.62. The largest absolute Gasteiger partial charge is 0.492 e. The van der Waals surface area contributed by atoms with Gasteiger partial charge in [0.15, 0.2) is 0 Å². The van der Waals surface area contributed by atoms with Crippen LogP contribution in [-0.2, 0) is 0 Å². The minimum atomic E-state index is 0.756. The fourth-order valence-corrected chi connectivity index (χ4v) is 2.96. The van der Waals surface area contributed by atoms with Crippen molar-refractivity contribution in [3.8, 4) is 5.75 Å². The van der Waals surface area contributed by atoms with E-state index in [1.807, 2.05) is 24.3 Å². The molecule has 0 saturated heterocycles. The molecule has 2 nitrogen and oxygen atoms in total. The number of nitrogens with one attached hydrogen (secondary N) is 1. The van der Waals surface area contributed by atoms with Crippen molar-refractivity contribution in [3.05, 3.63) is 28.7 Å². The molecule has 18 heavy (non-hydrogen) atoms. The Balaban J connectivity index is 1.39. The van der Waals surface area contributed by atoms with E-state index in [9.17, 15) is 0 Å². The molecule has 0 spiro atoms. The van der Waals surface area contributed by atoms with Crippen molar-refractivity contribution in [2.75, 3.05) is 13.2 Å². The molecule has 1 aromatic carbocycles. The van der Waals surface area contributed by atoms with Crippen molar-refractivity contribution in [2.45, 2.75) is 31.7 Å². The average Bonchev–Trinajstić information content (AvgIpc) is 3.23. The molecule has 0 radical (unpaired) electrons. The molecule has 2 fully saturated rings. The highest BCUT2D eigenvalue weighted by Gasteiger charge is 2.40. The Kier molecular flexibility index (Phi) is 3.90. The molecule has 2 aliphatic carbocycles. The summed E-state index contributed by atoms with van der Waals surface area (Å²) in [6.45, 7) is 1.72. The van der Waals surface area contributed by atoms with E-state index in [2.05, 4.69) is 21.2 Å². The van der Waals surface area contributed by atoms with E-state index >= 15 is 0 Å². The third kappa shape index (κ3) is 3.48. The summed E-state index contributed by atoms with van der Waals surface area (Å²) in [7, 11) is 0. The van der Waals surface area contributed by atoms with Gasteiger partial charge in [0, 0.05) is 17.1 Å². The summed E-state index contributed by atoms with van der Waals surface area (Å²) in [6, 6.07) is 8.81. The first-order valence-corrected chi connectivity index (χ1v) is 7.74. The summed E-state index contributed by atoms with van der Waals surface area (Å²) in [5.74, 6) is 2.87. The van der Waals surface area contributed by atoms with Crippen molar-refractivity contribution in [1.29, 1.82) is 0 Å². The van der Waals surface area contributed by atoms with Crippen LogP contribution in [0.1, 0.15) is 25.7 Å². The van der Waals surface area contributed by atoms with Crippen LogP contribution in [-0.4, -0.2) is 19.2 Å². The molecule has 0 aliphatic heterocycles. The molecule has 1 N–H and O–H groups in total. The minimum absolute atomic E-state index is 0.756. The summed E-state index contributed by atoms with van der Waals surface area (Å²) in [4.78, 5) is 0. The fourth-order valence-electron chi connectivity index (χ4n) is 2.58. The van der Waals surface area contributed by atoms with Crippen LogP contribution in [0.15, 0.2) is 28.7 Å². The quantitative estimate of drug-likeness (QED) is 0.777. The maximum Gasteiger partial charge on any atom is 0.120 e. The van der Waals surface area contributed by atoms with E-state index in [0.29, 0.717) is 0 Å². The first-order chi connectivity index (χ1) is 8.83. The Morgan fingerprint density at radius 3 is 2.56 bits per heavy atom. The van der Waals surface area contributed by atoms with Crippen LogP contribution in [0, 0.1) is 11.8 Å². The molecule has 0 aromatic heterocycles. The Labute approximate surface area is 117 Å². The fraction of sp³-hybridized carbons (Fsp3) is 0.600. The normalized spacial score (nSPS) is 19.2. The summed E-state index contributed by atoms with van der Waals surface area (Å²) in [5.41, 5.74) is 0. The standard InChI is InChI=1S/C15H20BrNO/c16-13-2-1-3-14(10-13)18-9-8-17-15(11-4-5-11)12-6-7-12/h1-3,10-12,15,17H,4-9H2. The monoisotopic (exact) mass is 309 g/mol. The minimum Gasteiger partial charge on any atom is -0.492 e. The van der Waals surface area contributed by atoms with E-state index in [1.165, 1.54) is 25.7 Å². The van der Waals surface area contributed by atoms with Crippen molar-refractivity contribution < 1.29 is 4.74 Å². The summed E-state index contributed by atoms with van der Waals surface area (Å²) in [6.07, 6.45) is 5.72. The average molecular weight is 310 g/mol. The van der Waals surface area contributed by atoms with Crippen molar-refractivity contribution in [3.63, 3.8) is 0 Å². The van der Waals surface area contributed by atoms with E-state index in [0.717, 1.165) is 41.3 Å². The number of hydrogen-bond donors (Lipinski definition) is 1. The molecular weight excluding hydrogens is 290 g/mol. The highest BCUT2D eigenvalue weighted by atomic mass is 79.9. The van der Waals surface area contributed by atoms with Crippen molar-refractivity contribution in [1.82, 2.24) is 5.32 Å². The highest BCUT2D eigenvalue weighted by Crippen LogP contribution is 2.44. The predicted molar refractivity (Wildman–Crippen MR) is 76.9 cm³/mol. The molecule has 0 amide bonds. The van der Waals surface area contributed by atoms with Gasteiger partial charge in [0.2, 0.25) is 0 Å². The van der Waals surface area contributed by atoms with Crippen molar-refractivity contribution in [2.24, 2.45) is 11.8 Å². The maximum absolute atomic E-state index is 5.75. The lowest BCUT2D eigenvalue weighted by molar-refractivity contribution is 0.293. The molecule has 3 heteroatoms. The Morgan fingerprint density at radius 1 is 1.22 bits per heavy atom. The van der Waals surface area contributed by atoms with Crippen LogP contribution in [0.25, 0.3) is 0 Å². The summed E-state index contributed by atoms with van der Waals surface area (Å²) in [5, 5.41) is 3.69. The second-order valence-electron chi connectivity index (χ2n) is 5.46. The number of benzene rings is 1. The molecular formula is C15H20BrNO. The van der Waals surface area contributed by atoms with Crippen LogP contribution >= 0.6 is 15.9 Å². The van der Waals surface area contributed by atoms with Gasteiger partial charge in [0.25, 0.3) is 0 Å². The first kappa shape index (κ1) is 12.5. The molecule has 0 heterocycles. The number of ether oxygens (including phenoxy) is 1. The molecule has 1 aromatic rings. The highest BCUT2D eigenvalue weighted by molar-refractivity contribution is 9.10. The molecule has 2 saturated carbocycles. The molecule has 0 bridgehead atoms. The van der Waals surface area contributed by atoms with E-state index < -0.39 is 0 Å². The number of halogens is 1. The third-order valence-corrected chi connectivity index (χ3v) is 4.30. The van der Waals surface area contributed by atoms with Crippen LogP contribution in [0.3, 0.4) is 0 Å². The molecule has 98 valence electrons. The maximum atomic E-state index is 5.75. The zero-order valence-electron chi connectivity index (χ0n) is 10.6. The lowest BCUT2D eigenvalue weighted by Gasteiger charge is -2.17. The third-order valence-electron chi connectivity index (χ3n) is 3.81. The molecule has 2 aliphatic rings. The van der Waals surface area contributed by atoms with Gasteiger partial charge in [-0.1, -0.05) is 22.0 Å². The van der Waals surface area contributed by atoms with Gasteiger partial charge < -0.3 is 10.1 Å². The van der Waals surface area contributed by atoms with Gasteiger partial charge in [0.05, 0.1) is 0 Å². The van der Waals surface area contributed by atoms with Gasteiger partial charge in [-0.3, -0.25) is 0 Å². The van der Waals surface area contributed by atoms with Gasteiger partial charge in [-0.2, -0.15) is 0 Å². The first-order valence-electron chi connectivity index (χ1n) is 6.95. The van der Waals surface area contributed by atoms with Gasteiger partial charge in [-0.05, 0) is 55.7 Å². The van der Waals surface area contributed by atoms with Crippen LogP contribution in [0.2, 0.25) is 0 Å². The Morgan fingerprint density at radius 2 is 1.94 bits per heavy atom. The number of hydrogen-bond acceptors (Lipinski definition) is 2. The van der Waals surface area contributed by atoms with Gasteiger partial charge in [-0.15, -0.1) is 0 Å². The van der Waals surface area contributed by atoms with Crippen LogP contribution < -0.4 is 10.1 Å². The topological polar surface area (TPSA) is 21.3 Å². The van der Waals surface area contributed by atoms with E-state index in [1.54, 1.807) is 0 Å². The molecule has 0 atom stereocenters. The van der Waals surface area contributed by atoms with Crippen LogP contribution in [0.4, 0.5) is 0 Å². The second-order valence-corrected chi connectivity index (χ2v) is 6.38. The molecule has 0 unspecified atom stereocenters. The summed E-state index contributed by atoms with van der Waals surface area (Å²) >= 11 is 3.45. The summed E-state index contributed by atoms with van der Waals surface area (Å²) < 4.78 is 6.82. The molecule has 3 rings (SSSR count). The van der Waals surface area contributed by atoms with Gasteiger partial charge in [0.1, 0.15) is 12.4 Å². The van der Waals surface area contributed by atoms with Crippen LogP contribution in [0.5, 0.6) is 5.75 Å². The number of rotatable bonds is 7. The Bertz CT molecular complexity index is 389. The van der Waals surface area contributed by atoms with E-state index in [4.69, 9.17) is 4.74 Å². The van der Waals surface area contributed by atoms with Gasteiger partial charge in [-0.25, -0.2) is 0 Å². The zero-order valence-corrected chi connectivity index (χ0v) is 12.2. The SMILES string of the molecule is Brc1cccc(OCCNC(C2CC2)C2CC2)c1. The van der Waals surface area contributed by atoms with E-state index in [-0.39, 0.29) is 0 Å². The lowest BCUT2D eigenvalue weighted by Crippen LogP contribution is -2.36. The predicted octanol–water partition coefficient (Wildman–Crippen LogP) is 3.61. The zero-order chi connectivity index (χ0) is 12.4. The lowest BCUT2D eigenvalue weighted by atomic mass is 10.1.